The maximum Gasteiger partial charge on any atom is 0.133 e. The summed E-state index contributed by atoms with van der Waals surface area (Å²) >= 11 is 0. The summed E-state index contributed by atoms with van der Waals surface area (Å²) < 4.78 is 5.62. The minimum absolute atomic E-state index is 0.105. The van der Waals surface area contributed by atoms with E-state index in [1.807, 2.05) is 12.3 Å². The summed E-state index contributed by atoms with van der Waals surface area (Å²) in [6.45, 7) is 6.56. The van der Waals surface area contributed by atoms with Crippen molar-refractivity contribution in [1.82, 2.24) is 10.3 Å². The van der Waals surface area contributed by atoms with Crippen LogP contribution in [0.5, 0.6) is 0 Å². The second-order valence-corrected chi connectivity index (χ2v) is 5.44. The third-order valence-corrected chi connectivity index (χ3v) is 3.80. The zero-order valence-electron chi connectivity index (χ0n) is 12.9. The van der Waals surface area contributed by atoms with E-state index in [1.165, 1.54) is 5.56 Å². The number of rotatable bonds is 8. The van der Waals surface area contributed by atoms with Gasteiger partial charge in [-0.25, -0.2) is 4.98 Å². The first-order valence-electron chi connectivity index (χ1n) is 7.97. The molecule has 2 heterocycles. The van der Waals surface area contributed by atoms with Crippen LogP contribution in [0, 0.1) is 0 Å². The average molecular weight is 293 g/mol. The molecule has 0 bridgehead atoms. The van der Waals surface area contributed by atoms with Crippen molar-refractivity contribution < 1.29 is 9.84 Å². The number of pyridine rings is 1. The van der Waals surface area contributed by atoms with Gasteiger partial charge in [0.2, 0.25) is 0 Å². The molecule has 118 valence electrons. The van der Waals surface area contributed by atoms with Crippen LogP contribution in [-0.4, -0.2) is 49.0 Å². The Hall–Kier alpha value is -1.17. The topological polar surface area (TPSA) is 57.6 Å². The van der Waals surface area contributed by atoms with Crippen molar-refractivity contribution >= 4 is 5.82 Å². The monoisotopic (exact) mass is 293 g/mol. The maximum absolute atomic E-state index is 8.81. The lowest BCUT2D eigenvalue weighted by Crippen LogP contribution is -2.38. The van der Waals surface area contributed by atoms with Crippen molar-refractivity contribution in [3.8, 4) is 0 Å². The molecule has 1 aliphatic rings. The van der Waals surface area contributed by atoms with Gasteiger partial charge in [0.15, 0.2) is 0 Å². The van der Waals surface area contributed by atoms with Gasteiger partial charge in [-0.3, -0.25) is 0 Å². The van der Waals surface area contributed by atoms with Crippen LogP contribution in [0.4, 0.5) is 5.82 Å². The van der Waals surface area contributed by atoms with Gasteiger partial charge < -0.3 is 20.1 Å². The van der Waals surface area contributed by atoms with E-state index in [2.05, 4.69) is 28.2 Å². The number of hydrogen-bond donors (Lipinski definition) is 2. The smallest absolute Gasteiger partial charge is 0.133 e. The molecule has 0 unspecified atom stereocenters. The molecule has 2 rings (SSSR count). The predicted molar refractivity (Wildman–Crippen MR) is 84.5 cm³/mol. The highest BCUT2D eigenvalue weighted by Gasteiger charge is 2.21. The number of piperidine rings is 1. The Bertz CT molecular complexity index is 406. The third-order valence-electron chi connectivity index (χ3n) is 3.80. The summed E-state index contributed by atoms with van der Waals surface area (Å²) in [5, 5.41) is 12.3. The van der Waals surface area contributed by atoms with Gasteiger partial charge in [-0.15, -0.1) is 0 Å². The number of aromatic nitrogens is 1. The van der Waals surface area contributed by atoms with Crippen molar-refractivity contribution in [2.45, 2.75) is 38.8 Å². The quantitative estimate of drug-likeness (QED) is 0.712. The van der Waals surface area contributed by atoms with Gasteiger partial charge in [0, 0.05) is 31.4 Å². The molecule has 21 heavy (non-hydrogen) atoms. The van der Waals surface area contributed by atoms with Crippen molar-refractivity contribution in [1.29, 1.82) is 0 Å². The summed E-state index contributed by atoms with van der Waals surface area (Å²) in [6.07, 6.45) is 5.28. The highest BCUT2D eigenvalue weighted by Crippen LogP contribution is 2.22. The standard InChI is InChI=1S/C16H27N3O2/c1-2-7-17-13-14-4-3-8-18-16(14)19-9-5-15(6-10-19)21-12-11-20/h3-4,8,15,17,20H,2,5-7,9-13H2,1H3. The van der Waals surface area contributed by atoms with E-state index in [0.29, 0.717) is 6.61 Å². The van der Waals surface area contributed by atoms with Crippen LogP contribution < -0.4 is 10.2 Å². The van der Waals surface area contributed by atoms with Crippen LogP contribution in [0.3, 0.4) is 0 Å². The molecule has 0 aliphatic carbocycles. The van der Waals surface area contributed by atoms with Crippen LogP contribution in [0.15, 0.2) is 18.3 Å². The Labute approximate surface area is 127 Å². The van der Waals surface area contributed by atoms with Crippen molar-refractivity contribution in [3.63, 3.8) is 0 Å². The molecular formula is C16H27N3O2. The molecule has 5 heteroatoms. The molecule has 0 saturated carbocycles. The third kappa shape index (κ3) is 4.95. The second kappa shape index (κ2) is 8.97. The highest BCUT2D eigenvalue weighted by molar-refractivity contribution is 5.47. The van der Waals surface area contributed by atoms with Crippen molar-refractivity contribution in [2.75, 3.05) is 37.7 Å². The predicted octanol–water partition coefficient (Wildman–Crippen LogP) is 1.56. The number of aliphatic hydroxyl groups is 1. The average Bonchev–Trinajstić information content (AvgIpc) is 2.54. The fourth-order valence-electron chi connectivity index (χ4n) is 2.71. The van der Waals surface area contributed by atoms with E-state index in [1.54, 1.807) is 0 Å². The molecule has 2 N–H and O–H groups in total. The van der Waals surface area contributed by atoms with Crippen LogP contribution in [0.25, 0.3) is 0 Å². The molecular weight excluding hydrogens is 266 g/mol. The number of nitrogens with zero attached hydrogens (tertiary/aromatic N) is 2. The lowest BCUT2D eigenvalue weighted by Gasteiger charge is -2.33. The first-order valence-corrected chi connectivity index (χ1v) is 7.97. The molecule has 1 fully saturated rings. The Morgan fingerprint density at radius 2 is 2.24 bits per heavy atom. The summed E-state index contributed by atoms with van der Waals surface area (Å²) in [5.41, 5.74) is 1.26. The second-order valence-electron chi connectivity index (χ2n) is 5.44. The van der Waals surface area contributed by atoms with Crippen molar-refractivity contribution in [2.24, 2.45) is 0 Å². The van der Waals surface area contributed by atoms with E-state index in [-0.39, 0.29) is 12.7 Å². The molecule has 0 amide bonds. The molecule has 1 aromatic heterocycles. The maximum atomic E-state index is 8.81. The zero-order chi connectivity index (χ0) is 14.9. The molecule has 0 spiro atoms. The lowest BCUT2D eigenvalue weighted by molar-refractivity contribution is 0.0158. The first-order chi connectivity index (χ1) is 10.3. The molecule has 0 aromatic carbocycles. The van der Waals surface area contributed by atoms with Gasteiger partial charge in [0.05, 0.1) is 19.3 Å². The minimum Gasteiger partial charge on any atom is -0.394 e. The largest absolute Gasteiger partial charge is 0.394 e. The highest BCUT2D eigenvalue weighted by atomic mass is 16.5. The number of ether oxygens (including phenoxy) is 1. The minimum atomic E-state index is 0.105. The Kier molecular flexibility index (Phi) is 6.92. The van der Waals surface area contributed by atoms with Crippen molar-refractivity contribution in [3.05, 3.63) is 23.9 Å². The molecule has 0 atom stereocenters. The molecule has 5 nitrogen and oxygen atoms in total. The van der Waals surface area contributed by atoms with Crippen LogP contribution in [0.2, 0.25) is 0 Å². The van der Waals surface area contributed by atoms with E-state index in [0.717, 1.165) is 51.3 Å². The number of aliphatic hydroxyl groups excluding tert-OH is 1. The van der Waals surface area contributed by atoms with E-state index in [9.17, 15) is 0 Å². The summed E-state index contributed by atoms with van der Waals surface area (Å²) in [5.74, 6) is 1.10. The number of nitrogens with one attached hydrogen (secondary N) is 1. The van der Waals surface area contributed by atoms with E-state index >= 15 is 0 Å². The SMILES string of the molecule is CCCNCc1cccnc1N1CCC(OCCO)CC1. The molecule has 1 aliphatic heterocycles. The molecule has 1 aromatic rings. The van der Waals surface area contributed by atoms with Crippen LogP contribution in [0.1, 0.15) is 31.7 Å². The van der Waals surface area contributed by atoms with E-state index < -0.39 is 0 Å². The Morgan fingerprint density at radius 3 is 2.95 bits per heavy atom. The normalized spacial score (nSPS) is 16.4. The van der Waals surface area contributed by atoms with Gasteiger partial charge in [-0.1, -0.05) is 13.0 Å². The fourth-order valence-corrected chi connectivity index (χ4v) is 2.71. The van der Waals surface area contributed by atoms with E-state index in [4.69, 9.17) is 9.84 Å². The van der Waals surface area contributed by atoms with Gasteiger partial charge in [0.25, 0.3) is 0 Å². The molecule has 1 saturated heterocycles. The summed E-state index contributed by atoms with van der Waals surface area (Å²) in [6, 6.07) is 4.16. The van der Waals surface area contributed by atoms with Gasteiger partial charge in [-0.05, 0) is 31.9 Å². The summed E-state index contributed by atoms with van der Waals surface area (Å²) in [7, 11) is 0. The van der Waals surface area contributed by atoms with Crippen LogP contribution in [-0.2, 0) is 11.3 Å². The number of anilines is 1. The zero-order valence-corrected chi connectivity index (χ0v) is 12.9. The van der Waals surface area contributed by atoms with Gasteiger partial charge >= 0.3 is 0 Å². The number of hydrogen-bond acceptors (Lipinski definition) is 5. The lowest BCUT2D eigenvalue weighted by atomic mass is 10.1. The van der Waals surface area contributed by atoms with Crippen LogP contribution >= 0.6 is 0 Å². The Balaban J connectivity index is 1.90. The Morgan fingerprint density at radius 1 is 1.43 bits per heavy atom. The fraction of sp³-hybridized carbons (Fsp3) is 0.688. The first kappa shape index (κ1) is 16.2. The van der Waals surface area contributed by atoms with Gasteiger partial charge in [-0.2, -0.15) is 0 Å². The summed E-state index contributed by atoms with van der Waals surface area (Å²) in [4.78, 5) is 6.92. The van der Waals surface area contributed by atoms with Gasteiger partial charge in [0.1, 0.15) is 5.82 Å². The molecule has 0 radical (unpaired) electrons.